The van der Waals surface area contributed by atoms with Crippen LogP contribution in [0.3, 0.4) is 0 Å². The van der Waals surface area contributed by atoms with Gasteiger partial charge in [0, 0.05) is 30.5 Å². The zero-order valence-electron chi connectivity index (χ0n) is 15.1. The van der Waals surface area contributed by atoms with Crippen molar-refractivity contribution in [3.8, 4) is 5.75 Å². The van der Waals surface area contributed by atoms with Gasteiger partial charge in [0.2, 0.25) is 0 Å². The maximum atomic E-state index is 12.4. The third kappa shape index (κ3) is 5.89. The molecule has 0 saturated heterocycles. The number of methoxy groups -OCH3 is 1. The van der Waals surface area contributed by atoms with Crippen molar-refractivity contribution in [3.63, 3.8) is 0 Å². The fraction of sp³-hybridized carbons (Fsp3) is 0.300. The summed E-state index contributed by atoms with van der Waals surface area (Å²) in [6.07, 6.45) is 0.868. The highest BCUT2D eigenvalue weighted by molar-refractivity contribution is 6.05. The van der Waals surface area contributed by atoms with E-state index in [-0.39, 0.29) is 11.8 Å². The molecule has 0 radical (unpaired) electrons. The minimum Gasteiger partial charge on any atom is -0.491 e. The Kier molecular flexibility index (Phi) is 7.64. The monoisotopic (exact) mass is 356 g/mol. The van der Waals surface area contributed by atoms with E-state index >= 15 is 0 Å². The van der Waals surface area contributed by atoms with Crippen LogP contribution in [-0.2, 0) is 4.74 Å². The Bertz CT molecular complexity index is 729. The molecule has 0 fully saturated rings. The van der Waals surface area contributed by atoms with Crippen LogP contribution in [0, 0.1) is 0 Å². The van der Waals surface area contributed by atoms with Gasteiger partial charge in [-0.1, -0.05) is 13.0 Å². The Morgan fingerprint density at radius 2 is 1.73 bits per heavy atom. The molecule has 0 aliphatic heterocycles. The van der Waals surface area contributed by atoms with Crippen LogP contribution in [0.5, 0.6) is 5.75 Å². The zero-order chi connectivity index (χ0) is 18.8. The fourth-order valence-electron chi connectivity index (χ4n) is 2.23. The van der Waals surface area contributed by atoms with E-state index in [1.54, 1.807) is 55.6 Å². The van der Waals surface area contributed by atoms with Crippen LogP contribution in [0.15, 0.2) is 48.5 Å². The van der Waals surface area contributed by atoms with Gasteiger partial charge in [-0.2, -0.15) is 0 Å². The standard InChI is InChI=1S/C20H24N2O4/c1-3-11-21-19(23)16-5-4-6-17(14-16)22-20(24)15-7-9-18(10-8-15)26-13-12-25-2/h4-10,14H,3,11-13H2,1-2H3,(H,21,23)(H,22,24). The summed E-state index contributed by atoms with van der Waals surface area (Å²) in [5, 5.41) is 5.62. The first kappa shape index (κ1) is 19.5. The number of carbonyl (C=O) groups is 2. The summed E-state index contributed by atoms with van der Waals surface area (Å²) in [6.45, 7) is 3.57. The van der Waals surface area contributed by atoms with E-state index in [1.165, 1.54) is 0 Å². The summed E-state index contributed by atoms with van der Waals surface area (Å²) in [7, 11) is 1.61. The lowest BCUT2D eigenvalue weighted by molar-refractivity contribution is 0.0952. The second-order valence-corrected chi connectivity index (χ2v) is 5.66. The van der Waals surface area contributed by atoms with Crippen LogP contribution in [0.2, 0.25) is 0 Å². The topological polar surface area (TPSA) is 76.7 Å². The minimum atomic E-state index is -0.250. The predicted octanol–water partition coefficient (Wildman–Crippen LogP) is 3.10. The number of hydrogen-bond donors (Lipinski definition) is 2. The summed E-state index contributed by atoms with van der Waals surface area (Å²) in [6, 6.07) is 13.7. The molecule has 0 atom stereocenters. The van der Waals surface area contributed by atoms with E-state index in [9.17, 15) is 9.59 Å². The zero-order valence-corrected chi connectivity index (χ0v) is 15.1. The lowest BCUT2D eigenvalue weighted by Gasteiger charge is -2.09. The molecule has 2 amide bonds. The van der Waals surface area contributed by atoms with Gasteiger partial charge >= 0.3 is 0 Å². The largest absolute Gasteiger partial charge is 0.491 e. The van der Waals surface area contributed by atoms with Gasteiger partial charge in [-0.15, -0.1) is 0 Å². The first-order valence-electron chi connectivity index (χ1n) is 8.55. The fourth-order valence-corrected chi connectivity index (χ4v) is 2.23. The molecule has 26 heavy (non-hydrogen) atoms. The normalized spacial score (nSPS) is 10.2. The third-order valence-electron chi connectivity index (χ3n) is 3.59. The molecule has 138 valence electrons. The van der Waals surface area contributed by atoms with E-state index in [4.69, 9.17) is 9.47 Å². The van der Waals surface area contributed by atoms with Crippen molar-refractivity contribution >= 4 is 17.5 Å². The number of carbonyl (C=O) groups excluding carboxylic acids is 2. The number of nitrogens with one attached hydrogen (secondary N) is 2. The molecular weight excluding hydrogens is 332 g/mol. The quantitative estimate of drug-likeness (QED) is 0.677. The summed E-state index contributed by atoms with van der Waals surface area (Å²) in [5.74, 6) is 0.272. The Morgan fingerprint density at radius 1 is 0.962 bits per heavy atom. The molecule has 0 heterocycles. The molecular formula is C20H24N2O4. The third-order valence-corrected chi connectivity index (χ3v) is 3.59. The molecule has 6 heteroatoms. The van der Waals surface area contributed by atoms with Gasteiger partial charge in [0.1, 0.15) is 12.4 Å². The van der Waals surface area contributed by atoms with E-state index in [0.717, 1.165) is 6.42 Å². The van der Waals surface area contributed by atoms with Crippen LogP contribution in [-0.4, -0.2) is 38.7 Å². The lowest BCUT2D eigenvalue weighted by Crippen LogP contribution is -2.24. The maximum Gasteiger partial charge on any atom is 0.255 e. The Hall–Kier alpha value is -2.86. The number of amides is 2. The first-order valence-corrected chi connectivity index (χ1v) is 8.55. The molecule has 0 aliphatic carbocycles. The van der Waals surface area contributed by atoms with E-state index in [0.29, 0.717) is 42.3 Å². The van der Waals surface area contributed by atoms with Crippen molar-refractivity contribution in [2.45, 2.75) is 13.3 Å². The van der Waals surface area contributed by atoms with Crippen molar-refractivity contribution in [2.75, 3.05) is 32.2 Å². The van der Waals surface area contributed by atoms with Gasteiger partial charge in [0.25, 0.3) is 11.8 Å². The van der Waals surface area contributed by atoms with Crippen molar-refractivity contribution < 1.29 is 19.1 Å². The average Bonchev–Trinajstić information content (AvgIpc) is 2.67. The molecule has 6 nitrogen and oxygen atoms in total. The van der Waals surface area contributed by atoms with Crippen LogP contribution >= 0.6 is 0 Å². The molecule has 0 saturated carbocycles. The van der Waals surface area contributed by atoms with Crippen LogP contribution in [0.4, 0.5) is 5.69 Å². The summed E-state index contributed by atoms with van der Waals surface area (Å²) >= 11 is 0. The molecule has 0 aromatic heterocycles. The summed E-state index contributed by atoms with van der Waals surface area (Å²) in [4.78, 5) is 24.4. The van der Waals surface area contributed by atoms with E-state index in [2.05, 4.69) is 10.6 Å². The highest BCUT2D eigenvalue weighted by Crippen LogP contribution is 2.15. The molecule has 2 aromatic rings. The van der Waals surface area contributed by atoms with Crippen molar-refractivity contribution in [2.24, 2.45) is 0 Å². The second-order valence-electron chi connectivity index (χ2n) is 5.66. The maximum absolute atomic E-state index is 12.4. The van der Waals surface area contributed by atoms with Crippen LogP contribution in [0.25, 0.3) is 0 Å². The Morgan fingerprint density at radius 3 is 2.42 bits per heavy atom. The number of ether oxygens (including phenoxy) is 2. The SMILES string of the molecule is CCCNC(=O)c1cccc(NC(=O)c2ccc(OCCOC)cc2)c1. The molecule has 0 unspecified atom stereocenters. The number of anilines is 1. The van der Waals surface area contributed by atoms with E-state index < -0.39 is 0 Å². The Balaban J connectivity index is 1.97. The summed E-state index contributed by atoms with van der Waals surface area (Å²) < 4.78 is 10.4. The Labute approximate surface area is 153 Å². The van der Waals surface area contributed by atoms with E-state index in [1.807, 2.05) is 6.92 Å². The molecule has 0 aliphatic rings. The van der Waals surface area contributed by atoms with Gasteiger partial charge < -0.3 is 20.1 Å². The van der Waals surface area contributed by atoms with Crippen LogP contribution in [0.1, 0.15) is 34.1 Å². The van der Waals surface area contributed by atoms with Crippen molar-refractivity contribution in [1.29, 1.82) is 0 Å². The van der Waals surface area contributed by atoms with Crippen LogP contribution < -0.4 is 15.4 Å². The number of benzene rings is 2. The van der Waals surface area contributed by atoms with Crippen molar-refractivity contribution in [3.05, 3.63) is 59.7 Å². The van der Waals surface area contributed by atoms with Gasteiger partial charge in [-0.3, -0.25) is 9.59 Å². The number of hydrogen-bond acceptors (Lipinski definition) is 4. The van der Waals surface area contributed by atoms with Gasteiger partial charge in [-0.05, 0) is 48.9 Å². The van der Waals surface area contributed by atoms with Gasteiger partial charge in [0.15, 0.2) is 0 Å². The molecule has 2 rings (SSSR count). The second kappa shape index (κ2) is 10.2. The molecule has 2 aromatic carbocycles. The number of rotatable bonds is 9. The lowest BCUT2D eigenvalue weighted by atomic mass is 10.1. The first-order chi connectivity index (χ1) is 12.6. The average molecular weight is 356 g/mol. The molecule has 0 bridgehead atoms. The molecule has 2 N–H and O–H groups in total. The van der Waals surface area contributed by atoms with Gasteiger partial charge in [-0.25, -0.2) is 0 Å². The highest BCUT2D eigenvalue weighted by Gasteiger charge is 2.09. The summed E-state index contributed by atoms with van der Waals surface area (Å²) in [5.41, 5.74) is 1.59. The molecule has 0 spiro atoms. The minimum absolute atomic E-state index is 0.152. The predicted molar refractivity (Wildman–Crippen MR) is 101 cm³/mol. The van der Waals surface area contributed by atoms with Gasteiger partial charge in [0.05, 0.1) is 6.61 Å². The smallest absolute Gasteiger partial charge is 0.255 e. The highest BCUT2D eigenvalue weighted by atomic mass is 16.5. The van der Waals surface area contributed by atoms with Crippen molar-refractivity contribution in [1.82, 2.24) is 5.32 Å².